The Labute approximate surface area is 113 Å². The number of phenols is 1. The van der Waals surface area contributed by atoms with Gasteiger partial charge in [-0.25, -0.2) is 4.79 Å². The van der Waals surface area contributed by atoms with E-state index in [1.54, 1.807) is 12.1 Å². The van der Waals surface area contributed by atoms with Crippen molar-refractivity contribution >= 4 is 5.97 Å². The molecule has 0 saturated carbocycles. The number of phenolic OH excluding ortho intramolecular Hbond substituents is 1. The van der Waals surface area contributed by atoms with Crippen LogP contribution in [0, 0.1) is 0 Å². The average Bonchev–Trinajstić information content (AvgIpc) is 3.21. The molecule has 1 aliphatic heterocycles. The summed E-state index contributed by atoms with van der Waals surface area (Å²) < 4.78 is 4.50. The lowest BCUT2D eigenvalue weighted by molar-refractivity contribution is -0.132. The van der Waals surface area contributed by atoms with Crippen LogP contribution in [0.2, 0.25) is 0 Å². The van der Waals surface area contributed by atoms with Crippen LogP contribution in [0.4, 0.5) is 0 Å². The van der Waals surface area contributed by atoms with Gasteiger partial charge in [-0.3, -0.25) is 0 Å². The van der Waals surface area contributed by atoms with Crippen LogP contribution in [0.1, 0.15) is 12.5 Å². The molecule has 0 aromatic heterocycles. The monoisotopic (exact) mass is 264 g/mol. The van der Waals surface area contributed by atoms with Gasteiger partial charge in [0.25, 0.3) is 0 Å². The Balaban J connectivity index is 0.000000303. The molecule has 0 atom stereocenters. The molecule has 2 N–H and O–H groups in total. The van der Waals surface area contributed by atoms with Gasteiger partial charge < -0.3 is 14.9 Å². The van der Waals surface area contributed by atoms with E-state index in [9.17, 15) is 9.90 Å². The number of hydrogen-bond acceptors (Lipinski definition) is 3. The van der Waals surface area contributed by atoms with Gasteiger partial charge in [0.15, 0.2) is 0 Å². The van der Waals surface area contributed by atoms with E-state index in [1.165, 1.54) is 6.92 Å². The largest absolute Gasteiger partial charge is 0.508 e. The average molecular weight is 264 g/mol. The van der Waals surface area contributed by atoms with E-state index in [4.69, 9.17) is 5.11 Å². The van der Waals surface area contributed by atoms with Crippen LogP contribution in [0.5, 0.6) is 5.75 Å². The van der Waals surface area contributed by atoms with E-state index in [0.717, 1.165) is 25.2 Å². The summed E-state index contributed by atoms with van der Waals surface area (Å²) in [6.07, 6.45) is 2.50. The molecular weight excluding hydrogens is 244 g/mol. The van der Waals surface area contributed by atoms with E-state index in [0.29, 0.717) is 5.75 Å². The number of hydrogen-bond donors (Lipinski definition) is 2. The summed E-state index contributed by atoms with van der Waals surface area (Å²) in [5.41, 5.74) is 1.10. The lowest BCUT2D eigenvalue weighted by atomic mass is 10.1. The predicted molar refractivity (Wildman–Crippen MR) is 75.3 cm³/mol. The summed E-state index contributed by atoms with van der Waals surface area (Å²) >= 11 is 0. The summed E-state index contributed by atoms with van der Waals surface area (Å²) in [7, 11) is 0. The maximum Gasteiger partial charge on any atom is 0.330 e. The van der Waals surface area contributed by atoms with E-state index in [-0.39, 0.29) is 5.57 Å². The van der Waals surface area contributed by atoms with Gasteiger partial charge in [-0.15, -0.1) is 6.58 Å². The smallest absolute Gasteiger partial charge is 0.330 e. The van der Waals surface area contributed by atoms with Crippen molar-refractivity contribution in [1.29, 1.82) is 0 Å². The van der Waals surface area contributed by atoms with Crippen molar-refractivity contribution in [1.82, 2.24) is 0 Å². The van der Waals surface area contributed by atoms with Crippen molar-refractivity contribution in [2.45, 2.75) is 13.3 Å². The number of aromatic hydroxyl groups is 1. The topological polar surface area (TPSA) is 70.1 Å². The van der Waals surface area contributed by atoms with Crippen molar-refractivity contribution in [3.63, 3.8) is 0 Å². The van der Waals surface area contributed by atoms with Crippen molar-refractivity contribution in [2.75, 3.05) is 13.2 Å². The number of ether oxygens (including phenoxy) is 1. The standard InChI is InChI=1S/C9H10O.C4H6O2.C2H4O/c1-2-5-8-6-3-4-7-9(8)10;1-3(2)4(5)6;1-2-3-1/h2-4,6-7,10H,1,5H2;1H2,2H3,(H,5,6);1-2H2. The van der Waals surface area contributed by atoms with Crippen LogP contribution in [-0.2, 0) is 16.0 Å². The lowest BCUT2D eigenvalue weighted by Gasteiger charge is -1.97. The molecule has 0 radical (unpaired) electrons. The highest BCUT2D eigenvalue weighted by Gasteiger charge is 1.94. The summed E-state index contributed by atoms with van der Waals surface area (Å²) in [6, 6.07) is 7.27. The number of benzene rings is 1. The molecule has 0 spiro atoms. The highest BCUT2D eigenvalue weighted by atomic mass is 16.6. The van der Waals surface area contributed by atoms with Gasteiger partial charge in [-0.05, 0) is 25.0 Å². The minimum atomic E-state index is -0.935. The molecule has 1 heterocycles. The molecule has 0 bridgehead atoms. The number of rotatable bonds is 3. The fraction of sp³-hybridized carbons (Fsp3) is 0.267. The first-order valence-corrected chi connectivity index (χ1v) is 5.83. The number of carboxylic acids is 1. The molecule has 2 rings (SSSR count). The Morgan fingerprint density at radius 1 is 1.42 bits per heavy atom. The number of allylic oxidation sites excluding steroid dienone is 1. The summed E-state index contributed by atoms with van der Waals surface area (Å²) in [6.45, 7) is 10.2. The molecule has 0 unspecified atom stereocenters. The van der Waals surface area contributed by atoms with Crippen LogP contribution >= 0.6 is 0 Å². The van der Waals surface area contributed by atoms with Crippen molar-refractivity contribution in [3.05, 3.63) is 54.6 Å². The highest BCUT2D eigenvalue weighted by Crippen LogP contribution is 2.15. The van der Waals surface area contributed by atoms with E-state index in [2.05, 4.69) is 17.9 Å². The zero-order valence-corrected chi connectivity index (χ0v) is 11.1. The van der Waals surface area contributed by atoms with Crippen LogP contribution in [0.15, 0.2) is 49.1 Å². The third kappa shape index (κ3) is 10.8. The number of carbonyl (C=O) groups is 1. The third-order valence-electron chi connectivity index (χ3n) is 1.93. The van der Waals surface area contributed by atoms with Crippen molar-refractivity contribution in [3.8, 4) is 5.75 Å². The molecule has 0 aliphatic carbocycles. The molecule has 19 heavy (non-hydrogen) atoms. The van der Waals surface area contributed by atoms with Gasteiger partial charge in [0.05, 0.1) is 13.2 Å². The predicted octanol–water partition coefficient (Wildman–Crippen LogP) is 2.78. The van der Waals surface area contributed by atoms with Gasteiger partial charge in [0.1, 0.15) is 5.75 Å². The molecule has 4 heteroatoms. The number of para-hydroxylation sites is 1. The van der Waals surface area contributed by atoms with Gasteiger partial charge in [0, 0.05) is 5.57 Å². The Hall–Kier alpha value is -2.07. The fourth-order valence-electron chi connectivity index (χ4n) is 0.839. The molecule has 1 aliphatic rings. The first kappa shape index (κ1) is 16.9. The Morgan fingerprint density at radius 3 is 2.21 bits per heavy atom. The first-order valence-electron chi connectivity index (χ1n) is 5.83. The number of carboxylic acid groups (broad SMARTS) is 1. The molecule has 104 valence electrons. The second-order valence-electron chi connectivity index (χ2n) is 3.82. The SMILES string of the molecule is C1CO1.C=C(C)C(=O)O.C=CCc1ccccc1O. The molecule has 1 fully saturated rings. The minimum Gasteiger partial charge on any atom is -0.508 e. The van der Waals surface area contributed by atoms with Crippen LogP contribution in [0.25, 0.3) is 0 Å². The van der Waals surface area contributed by atoms with Crippen molar-refractivity contribution in [2.24, 2.45) is 0 Å². The Kier molecular flexibility index (Phi) is 8.83. The van der Waals surface area contributed by atoms with Gasteiger partial charge in [-0.2, -0.15) is 0 Å². The summed E-state index contributed by atoms with van der Waals surface area (Å²) in [4.78, 5) is 9.60. The normalized spacial score (nSPS) is 11.0. The highest BCUT2D eigenvalue weighted by molar-refractivity contribution is 5.84. The van der Waals surface area contributed by atoms with E-state index < -0.39 is 5.97 Å². The molecular formula is C15H20O4. The zero-order chi connectivity index (χ0) is 14.7. The molecule has 1 aromatic rings. The minimum absolute atomic E-state index is 0.176. The van der Waals surface area contributed by atoms with E-state index >= 15 is 0 Å². The summed E-state index contributed by atoms with van der Waals surface area (Å²) in [5, 5.41) is 17.1. The molecule has 1 aromatic carbocycles. The van der Waals surface area contributed by atoms with Crippen LogP contribution in [-0.4, -0.2) is 29.4 Å². The van der Waals surface area contributed by atoms with Crippen LogP contribution in [0.3, 0.4) is 0 Å². The summed E-state index contributed by atoms with van der Waals surface area (Å²) in [5.74, 6) is -0.586. The molecule has 1 saturated heterocycles. The van der Waals surface area contributed by atoms with Gasteiger partial charge in [0.2, 0.25) is 0 Å². The lowest BCUT2D eigenvalue weighted by Crippen LogP contribution is -1.92. The van der Waals surface area contributed by atoms with Gasteiger partial charge >= 0.3 is 5.97 Å². The number of aliphatic carboxylic acids is 1. The number of epoxide rings is 1. The maximum atomic E-state index is 9.60. The second kappa shape index (κ2) is 9.91. The van der Waals surface area contributed by atoms with E-state index in [1.807, 2.05) is 18.2 Å². The Morgan fingerprint density at radius 2 is 1.89 bits per heavy atom. The first-order chi connectivity index (χ1) is 8.99. The maximum absolute atomic E-state index is 9.60. The zero-order valence-electron chi connectivity index (χ0n) is 11.1. The van der Waals surface area contributed by atoms with Crippen molar-refractivity contribution < 1.29 is 19.7 Å². The molecule has 4 nitrogen and oxygen atoms in total. The molecule has 0 amide bonds. The third-order valence-corrected chi connectivity index (χ3v) is 1.93. The quantitative estimate of drug-likeness (QED) is 0.500. The Bertz CT molecular complexity index is 407. The van der Waals surface area contributed by atoms with Gasteiger partial charge in [-0.1, -0.05) is 30.9 Å². The fourth-order valence-corrected chi connectivity index (χ4v) is 0.839. The second-order valence-corrected chi connectivity index (χ2v) is 3.82. The van der Waals surface area contributed by atoms with Crippen LogP contribution < -0.4 is 0 Å².